The molecule has 0 unspecified atom stereocenters. The Morgan fingerprint density at radius 1 is 1.35 bits per heavy atom. The smallest absolute Gasteiger partial charge is 0.360 e. The topological polar surface area (TPSA) is 57.0 Å². The van der Waals surface area contributed by atoms with Crippen LogP contribution in [0.3, 0.4) is 0 Å². The van der Waals surface area contributed by atoms with E-state index in [1.54, 1.807) is 0 Å². The quantitative estimate of drug-likeness (QED) is 0.753. The number of para-hydroxylation sites is 1. The number of hydrogen-bond acceptors (Lipinski definition) is 4. The molecule has 0 bridgehead atoms. The number of carbonyl (C=O) groups excluding carboxylic acids is 1. The molecule has 1 heterocycles. The molecule has 0 atom stereocenters. The van der Waals surface area contributed by atoms with Crippen molar-refractivity contribution in [3.63, 3.8) is 0 Å². The maximum absolute atomic E-state index is 11.5. The minimum atomic E-state index is -0.436. The van der Waals surface area contributed by atoms with Gasteiger partial charge in [0, 0.05) is 0 Å². The van der Waals surface area contributed by atoms with Crippen molar-refractivity contribution in [3.8, 4) is 5.69 Å². The predicted molar refractivity (Wildman–Crippen MR) is 61.9 cm³/mol. The van der Waals surface area contributed by atoms with Crippen molar-refractivity contribution in [1.29, 1.82) is 0 Å². The summed E-state index contributed by atoms with van der Waals surface area (Å²) in [5.74, 6) is -0.436. The fraction of sp³-hybridized carbons (Fsp3) is 0.250. The molecule has 0 aliphatic carbocycles. The highest BCUT2D eigenvalue weighted by molar-refractivity contribution is 5.86. The Balaban J connectivity index is 2.14. The minimum absolute atomic E-state index is 0.224. The Morgan fingerprint density at radius 3 is 2.82 bits per heavy atom. The third kappa shape index (κ3) is 2.69. The molecule has 0 fully saturated rings. The summed E-state index contributed by atoms with van der Waals surface area (Å²) in [5, 5.41) is 8.08. The first-order chi connectivity index (χ1) is 8.31. The van der Waals surface area contributed by atoms with Gasteiger partial charge in [0.15, 0.2) is 5.69 Å². The van der Waals surface area contributed by atoms with E-state index in [1.807, 2.05) is 37.3 Å². The number of nitrogens with zero attached hydrogens (tertiary/aromatic N) is 3. The van der Waals surface area contributed by atoms with Gasteiger partial charge >= 0.3 is 5.97 Å². The first-order valence-corrected chi connectivity index (χ1v) is 5.46. The molecule has 5 nitrogen and oxygen atoms in total. The molecule has 5 heteroatoms. The van der Waals surface area contributed by atoms with Crippen LogP contribution in [0.25, 0.3) is 5.69 Å². The van der Waals surface area contributed by atoms with Crippen molar-refractivity contribution in [3.05, 3.63) is 42.2 Å². The molecule has 0 amide bonds. The highest BCUT2D eigenvalue weighted by Crippen LogP contribution is 2.05. The molecular weight excluding hydrogens is 218 g/mol. The van der Waals surface area contributed by atoms with Gasteiger partial charge in [-0.05, 0) is 18.6 Å². The molecule has 2 aromatic rings. The number of benzene rings is 1. The summed E-state index contributed by atoms with van der Waals surface area (Å²) in [5.41, 5.74) is 1.03. The third-order valence-electron chi connectivity index (χ3n) is 2.13. The zero-order valence-corrected chi connectivity index (χ0v) is 9.54. The van der Waals surface area contributed by atoms with Gasteiger partial charge in [-0.1, -0.05) is 25.1 Å². The summed E-state index contributed by atoms with van der Waals surface area (Å²) in [6, 6.07) is 9.40. The molecule has 2 rings (SSSR count). The van der Waals surface area contributed by atoms with Gasteiger partial charge in [-0.2, -0.15) is 9.90 Å². The SMILES string of the molecule is CCCOC(=O)c1cnn(-c2ccccc2)n1. The Labute approximate surface area is 99.0 Å². The average molecular weight is 231 g/mol. The van der Waals surface area contributed by atoms with E-state index in [2.05, 4.69) is 10.2 Å². The summed E-state index contributed by atoms with van der Waals surface area (Å²) in [7, 11) is 0. The van der Waals surface area contributed by atoms with Crippen molar-refractivity contribution in [2.45, 2.75) is 13.3 Å². The van der Waals surface area contributed by atoms with E-state index in [9.17, 15) is 4.79 Å². The molecule has 0 N–H and O–H groups in total. The van der Waals surface area contributed by atoms with Gasteiger partial charge in [0.2, 0.25) is 0 Å². The molecule has 88 valence electrons. The van der Waals surface area contributed by atoms with Crippen molar-refractivity contribution < 1.29 is 9.53 Å². The lowest BCUT2D eigenvalue weighted by Gasteiger charge is -1.99. The monoisotopic (exact) mass is 231 g/mol. The highest BCUT2D eigenvalue weighted by atomic mass is 16.5. The van der Waals surface area contributed by atoms with Crippen molar-refractivity contribution in [2.24, 2.45) is 0 Å². The maximum Gasteiger partial charge on any atom is 0.360 e. The van der Waals surface area contributed by atoms with Gasteiger partial charge in [-0.3, -0.25) is 0 Å². The summed E-state index contributed by atoms with van der Waals surface area (Å²) in [6.07, 6.45) is 2.20. The molecule has 0 saturated heterocycles. The van der Waals surface area contributed by atoms with Crippen LogP contribution in [-0.2, 0) is 4.74 Å². The number of esters is 1. The van der Waals surface area contributed by atoms with Crippen LogP contribution in [0, 0.1) is 0 Å². The molecule has 1 aromatic carbocycles. The first kappa shape index (κ1) is 11.3. The summed E-state index contributed by atoms with van der Waals surface area (Å²) >= 11 is 0. The zero-order valence-electron chi connectivity index (χ0n) is 9.54. The van der Waals surface area contributed by atoms with Crippen LogP contribution in [0.5, 0.6) is 0 Å². The number of carbonyl (C=O) groups is 1. The summed E-state index contributed by atoms with van der Waals surface area (Å²) in [4.78, 5) is 12.9. The summed E-state index contributed by atoms with van der Waals surface area (Å²) in [6.45, 7) is 2.34. The van der Waals surface area contributed by atoms with Crippen molar-refractivity contribution in [2.75, 3.05) is 6.61 Å². The fourth-order valence-electron chi connectivity index (χ4n) is 1.31. The van der Waals surface area contributed by atoms with E-state index >= 15 is 0 Å². The van der Waals surface area contributed by atoms with Crippen molar-refractivity contribution in [1.82, 2.24) is 15.0 Å². The van der Waals surface area contributed by atoms with Crippen LogP contribution in [0.4, 0.5) is 0 Å². The lowest BCUT2D eigenvalue weighted by Crippen LogP contribution is -2.07. The zero-order chi connectivity index (χ0) is 12.1. The van der Waals surface area contributed by atoms with E-state index in [1.165, 1.54) is 11.0 Å². The van der Waals surface area contributed by atoms with Crippen molar-refractivity contribution >= 4 is 5.97 Å². The van der Waals surface area contributed by atoms with E-state index in [0.29, 0.717) is 6.61 Å². The van der Waals surface area contributed by atoms with E-state index < -0.39 is 5.97 Å². The number of aromatic nitrogens is 3. The van der Waals surface area contributed by atoms with Crippen LogP contribution in [-0.4, -0.2) is 27.6 Å². The molecule has 0 aliphatic rings. The molecule has 17 heavy (non-hydrogen) atoms. The van der Waals surface area contributed by atoms with Gasteiger partial charge in [-0.15, -0.1) is 5.10 Å². The van der Waals surface area contributed by atoms with Crippen LogP contribution >= 0.6 is 0 Å². The van der Waals surface area contributed by atoms with Gasteiger partial charge in [0.05, 0.1) is 18.5 Å². The second-order valence-electron chi connectivity index (χ2n) is 3.49. The molecule has 1 aromatic heterocycles. The summed E-state index contributed by atoms with van der Waals surface area (Å²) < 4.78 is 4.97. The Hall–Kier alpha value is -2.17. The Bertz CT molecular complexity index is 493. The van der Waals surface area contributed by atoms with Gasteiger partial charge in [0.1, 0.15) is 0 Å². The van der Waals surface area contributed by atoms with Gasteiger partial charge in [-0.25, -0.2) is 4.79 Å². The van der Waals surface area contributed by atoms with E-state index in [0.717, 1.165) is 12.1 Å². The predicted octanol–water partition coefficient (Wildman–Crippen LogP) is 1.83. The lowest BCUT2D eigenvalue weighted by atomic mass is 10.3. The van der Waals surface area contributed by atoms with Crippen LogP contribution < -0.4 is 0 Å². The Kier molecular flexibility index (Phi) is 3.49. The lowest BCUT2D eigenvalue weighted by molar-refractivity contribution is 0.0497. The molecule has 0 radical (unpaired) electrons. The number of rotatable bonds is 4. The van der Waals surface area contributed by atoms with Crippen LogP contribution in [0.15, 0.2) is 36.5 Å². The molecule has 0 spiro atoms. The number of hydrogen-bond donors (Lipinski definition) is 0. The van der Waals surface area contributed by atoms with Gasteiger partial charge in [0.25, 0.3) is 0 Å². The highest BCUT2D eigenvalue weighted by Gasteiger charge is 2.12. The third-order valence-corrected chi connectivity index (χ3v) is 2.13. The standard InChI is InChI=1S/C12H13N3O2/c1-2-8-17-12(16)11-9-13-15(14-11)10-6-4-3-5-7-10/h3-7,9H,2,8H2,1H3. The van der Waals surface area contributed by atoms with Crippen LogP contribution in [0.2, 0.25) is 0 Å². The van der Waals surface area contributed by atoms with Gasteiger partial charge < -0.3 is 4.74 Å². The second kappa shape index (κ2) is 5.25. The number of ether oxygens (including phenoxy) is 1. The molecule has 0 aliphatic heterocycles. The molecular formula is C12H13N3O2. The second-order valence-corrected chi connectivity index (χ2v) is 3.49. The normalized spacial score (nSPS) is 10.2. The fourth-order valence-corrected chi connectivity index (χ4v) is 1.31. The molecule has 0 saturated carbocycles. The van der Waals surface area contributed by atoms with E-state index in [4.69, 9.17) is 4.74 Å². The maximum atomic E-state index is 11.5. The van der Waals surface area contributed by atoms with Crippen LogP contribution in [0.1, 0.15) is 23.8 Å². The first-order valence-electron chi connectivity index (χ1n) is 5.46. The van der Waals surface area contributed by atoms with E-state index in [-0.39, 0.29) is 5.69 Å². The average Bonchev–Trinajstić information content (AvgIpc) is 2.86. The minimum Gasteiger partial charge on any atom is -0.461 e. The Morgan fingerprint density at radius 2 is 2.12 bits per heavy atom. The largest absolute Gasteiger partial charge is 0.461 e.